The first-order chi connectivity index (χ1) is 13.3. The molecule has 1 aromatic heterocycles. The molecule has 28 heavy (non-hydrogen) atoms. The molecule has 0 bridgehead atoms. The molecule has 1 aromatic carbocycles. The fraction of sp³-hybridized carbons (Fsp3) is 0.368. The SMILES string of the molecule is Cc1cc(C(=O)N2CCN(CC(=O)Nc3ccc([N+](=O)[O-])cc3)CC2)c(C)o1. The lowest BCUT2D eigenvalue weighted by Gasteiger charge is -2.34. The Balaban J connectivity index is 1.48. The zero-order chi connectivity index (χ0) is 20.3. The number of amides is 2. The average molecular weight is 386 g/mol. The van der Waals surface area contributed by atoms with Gasteiger partial charge < -0.3 is 14.6 Å². The molecular weight excluding hydrogens is 364 g/mol. The third-order valence-electron chi connectivity index (χ3n) is 4.66. The second-order valence-electron chi connectivity index (χ2n) is 6.75. The topological polar surface area (TPSA) is 109 Å². The lowest BCUT2D eigenvalue weighted by molar-refractivity contribution is -0.384. The van der Waals surface area contributed by atoms with Gasteiger partial charge in [0.05, 0.1) is 17.0 Å². The Labute approximate surface area is 162 Å². The van der Waals surface area contributed by atoms with Crippen molar-refractivity contribution in [2.24, 2.45) is 0 Å². The number of benzene rings is 1. The van der Waals surface area contributed by atoms with Gasteiger partial charge in [-0.25, -0.2) is 0 Å². The molecule has 2 aromatic rings. The molecule has 1 fully saturated rings. The molecule has 9 heteroatoms. The van der Waals surface area contributed by atoms with E-state index >= 15 is 0 Å². The van der Waals surface area contributed by atoms with Gasteiger partial charge in [-0.1, -0.05) is 0 Å². The minimum Gasteiger partial charge on any atom is -0.466 e. The zero-order valence-corrected chi connectivity index (χ0v) is 15.8. The summed E-state index contributed by atoms with van der Waals surface area (Å²) in [4.78, 5) is 38.7. The summed E-state index contributed by atoms with van der Waals surface area (Å²) < 4.78 is 5.43. The van der Waals surface area contributed by atoms with E-state index in [-0.39, 0.29) is 24.0 Å². The molecule has 1 aliphatic rings. The highest BCUT2D eigenvalue weighted by atomic mass is 16.6. The van der Waals surface area contributed by atoms with Crippen molar-refractivity contribution in [1.82, 2.24) is 9.80 Å². The van der Waals surface area contributed by atoms with Crippen LogP contribution in [-0.4, -0.2) is 59.3 Å². The fourth-order valence-electron chi connectivity index (χ4n) is 3.19. The molecule has 0 saturated carbocycles. The van der Waals surface area contributed by atoms with Crippen LogP contribution in [0, 0.1) is 24.0 Å². The summed E-state index contributed by atoms with van der Waals surface area (Å²) in [7, 11) is 0. The zero-order valence-electron chi connectivity index (χ0n) is 15.8. The van der Waals surface area contributed by atoms with Crippen LogP contribution in [0.4, 0.5) is 11.4 Å². The monoisotopic (exact) mass is 386 g/mol. The number of aryl methyl sites for hydroxylation is 2. The molecular formula is C19H22N4O5. The summed E-state index contributed by atoms with van der Waals surface area (Å²) in [6.07, 6.45) is 0. The highest BCUT2D eigenvalue weighted by molar-refractivity contribution is 5.95. The predicted octanol–water partition coefficient (Wildman–Crippen LogP) is 2.20. The molecule has 0 aliphatic carbocycles. The molecule has 0 radical (unpaired) electrons. The van der Waals surface area contributed by atoms with Crippen LogP contribution in [0.15, 0.2) is 34.7 Å². The first-order valence-electron chi connectivity index (χ1n) is 8.96. The summed E-state index contributed by atoms with van der Waals surface area (Å²) in [6.45, 7) is 6.04. The quantitative estimate of drug-likeness (QED) is 0.623. The Kier molecular flexibility index (Phi) is 5.74. The lowest BCUT2D eigenvalue weighted by atomic mass is 10.2. The Morgan fingerprint density at radius 3 is 2.32 bits per heavy atom. The second-order valence-corrected chi connectivity index (χ2v) is 6.75. The maximum Gasteiger partial charge on any atom is 0.269 e. The van der Waals surface area contributed by atoms with E-state index in [0.717, 1.165) is 0 Å². The molecule has 0 unspecified atom stereocenters. The van der Waals surface area contributed by atoms with E-state index < -0.39 is 4.92 Å². The maximum atomic E-state index is 12.6. The van der Waals surface area contributed by atoms with Gasteiger partial charge in [-0.2, -0.15) is 0 Å². The van der Waals surface area contributed by atoms with Gasteiger partial charge in [0, 0.05) is 44.0 Å². The van der Waals surface area contributed by atoms with E-state index in [1.807, 2.05) is 11.8 Å². The number of hydrogen-bond donors (Lipinski definition) is 1. The summed E-state index contributed by atoms with van der Waals surface area (Å²) in [6, 6.07) is 7.45. The summed E-state index contributed by atoms with van der Waals surface area (Å²) in [5, 5.41) is 13.4. The standard InChI is InChI=1S/C19H22N4O5/c1-13-11-17(14(2)28-13)19(25)22-9-7-21(8-10-22)12-18(24)20-15-3-5-16(6-4-15)23(26)27/h3-6,11H,7-10,12H2,1-2H3,(H,20,24). The van der Waals surface area contributed by atoms with Gasteiger partial charge in [0.15, 0.2) is 0 Å². The first kappa shape index (κ1) is 19.6. The predicted molar refractivity (Wildman–Crippen MR) is 102 cm³/mol. The molecule has 1 saturated heterocycles. The number of non-ortho nitro benzene ring substituents is 1. The fourth-order valence-corrected chi connectivity index (χ4v) is 3.19. The smallest absolute Gasteiger partial charge is 0.269 e. The van der Waals surface area contributed by atoms with Gasteiger partial charge in [0.1, 0.15) is 11.5 Å². The first-order valence-corrected chi connectivity index (χ1v) is 8.96. The second kappa shape index (κ2) is 8.22. The van der Waals surface area contributed by atoms with Crippen molar-refractivity contribution >= 4 is 23.2 Å². The van der Waals surface area contributed by atoms with Gasteiger partial charge in [-0.15, -0.1) is 0 Å². The van der Waals surface area contributed by atoms with Crippen molar-refractivity contribution in [3.63, 3.8) is 0 Å². The van der Waals surface area contributed by atoms with Crippen LogP contribution in [0.3, 0.4) is 0 Å². The number of nitro benzene ring substituents is 1. The number of nitrogens with one attached hydrogen (secondary N) is 1. The number of rotatable bonds is 5. The third kappa shape index (κ3) is 4.55. The number of hydrogen-bond acceptors (Lipinski definition) is 6. The van der Waals surface area contributed by atoms with Crippen molar-refractivity contribution in [2.45, 2.75) is 13.8 Å². The molecule has 2 heterocycles. The molecule has 1 aliphatic heterocycles. The van der Waals surface area contributed by atoms with Gasteiger partial charge in [-0.05, 0) is 32.0 Å². The van der Waals surface area contributed by atoms with Crippen LogP contribution in [0.2, 0.25) is 0 Å². The number of nitrogens with zero attached hydrogens (tertiary/aromatic N) is 3. The Hall–Kier alpha value is -3.20. The molecule has 3 rings (SSSR count). The minimum atomic E-state index is -0.487. The molecule has 9 nitrogen and oxygen atoms in total. The van der Waals surface area contributed by atoms with E-state index in [0.29, 0.717) is 49.0 Å². The van der Waals surface area contributed by atoms with Crippen molar-refractivity contribution in [2.75, 3.05) is 38.0 Å². The Morgan fingerprint density at radius 1 is 1.14 bits per heavy atom. The molecule has 0 atom stereocenters. The average Bonchev–Trinajstić information content (AvgIpc) is 3.00. The van der Waals surface area contributed by atoms with E-state index in [1.165, 1.54) is 24.3 Å². The van der Waals surface area contributed by atoms with Gasteiger partial charge in [-0.3, -0.25) is 24.6 Å². The highest BCUT2D eigenvalue weighted by Crippen LogP contribution is 2.18. The van der Waals surface area contributed by atoms with Crippen molar-refractivity contribution < 1.29 is 18.9 Å². The summed E-state index contributed by atoms with van der Waals surface area (Å²) in [5.41, 5.74) is 1.07. The third-order valence-corrected chi connectivity index (χ3v) is 4.66. The molecule has 0 spiro atoms. The van der Waals surface area contributed by atoms with E-state index in [4.69, 9.17) is 4.42 Å². The summed E-state index contributed by atoms with van der Waals surface area (Å²) in [5.74, 6) is 1.08. The largest absolute Gasteiger partial charge is 0.466 e. The van der Waals surface area contributed by atoms with Crippen molar-refractivity contribution in [3.8, 4) is 0 Å². The van der Waals surface area contributed by atoms with Crippen molar-refractivity contribution in [3.05, 3.63) is 57.5 Å². The molecule has 1 N–H and O–H groups in total. The minimum absolute atomic E-state index is 0.0261. The summed E-state index contributed by atoms with van der Waals surface area (Å²) >= 11 is 0. The highest BCUT2D eigenvalue weighted by Gasteiger charge is 2.25. The van der Waals surface area contributed by atoms with Crippen LogP contribution in [-0.2, 0) is 4.79 Å². The number of carbonyl (C=O) groups is 2. The van der Waals surface area contributed by atoms with Gasteiger partial charge in [0.25, 0.3) is 11.6 Å². The number of furan rings is 1. The Morgan fingerprint density at radius 2 is 1.79 bits per heavy atom. The van der Waals surface area contributed by atoms with Crippen LogP contribution in [0.5, 0.6) is 0 Å². The number of piperazine rings is 1. The number of carbonyl (C=O) groups excluding carboxylic acids is 2. The number of anilines is 1. The van der Waals surface area contributed by atoms with Gasteiger partial charge in [0.2, 0.25) is 5.91 Å². The van der Waals surface area contributed by atoms with Crippen LogP contribution in [0.1, 0.15) is 21.9 Å². The van der Waals surface area contributed by atoms with Crippen LogP contribution in [0.25, 0.3) is 0 Å². The van der Waals surface area contributed by atoms with Crippen molar-refractivity contribution in [1.29, 1.82) is 0 Å². The van der Waals surface area contributed by atoms with E-state index in [2.05, 4.69) is 5.32 Å². The Bertz CT molecular complexity index is 882. The normalized spacial score (nSPS) is 14.7. The van der Waals surface area contributed by atoms with E-state index in [1.54, 1.807) is 17.9 Å². The maximum absolute atomic E-state index is 12.6. The molecule has 148 valence electrons. The lowest BCUT2D eigenvalue weighted by Crippen LogP contribution is -2.50. The van der Waals surface area contributed by atoms with Crippen LogP contribution < -0.4 is 5.32 Å². The molecule has 2 amide bonds. The van der Waals surface area contributed by atoms with Gasteiger partial charge >= 0.3 is 0 Å². The number of nitro groups is 1. The van der Waals surface area contributed by atoms with Crippen LogP contribution >= 0.6 is 0 Å². The van der Waals surface area contributed by atoms with E-state index in [9.17, 15) is 19.7 Å².